The van der Waals surface area contributed by atoms with E-state index >= 15 is 0 Å². The fourth-order valence-corrected chi connectivity index (χ4v) is 3.54. The molecule has 0 radical (unpaired) electrons. The first kappa shape index (κ1) is 20.3. The number of esters is 1. The summed E-state index contributed by atoms with van der Waals surface area (Å²) in [6.45, 7) is 0. The Labute approximate surface area is 183 Å². The van der Waals surface area contributed by atoms with Gasteiger partial charge >= 0.3 is 5.97 Å². The van der Waals surface area contributed by atoms with Gasteiger partial charge in [-0.15, -0.1) is 11.3 Å². The summed E-state index contributed by atoms with van der Waals surface area (Å²) in [5.74, 6) is 0.753. The van der Waals surface area contributed by atoms with Gasteiger partial charge in [0.25, 0.3) is 5.91 Å². The molecule has 6 nitrogen and oxygen atoms in total. The lowest BCUT2D eigenvalue weighted by atomic mass is 10.1. The van der Waals surface area contributed by atoms with Crippen molar-refractivity contribution in [3.8, 4) is 22.8 Å². The zero-order valence-electron chi connectivity index (χ0n) is 16.6. The van der Waals surface area contributed by atoms with Gasteiger partial charge in [0.2, 0.25) is 0 Å². The summed E-state index contributed by atoms with van der Waals surface area (Å²) in [5, 5.41) is 5.15. The van der Waals surface area contributed by atoms with Crippen LogP contribution in [0.25, 0.3) is 11.3 Å². The van der Waals surface area contributed by atoms with Crippen LogP contribution < -0.4 is 10.1 Å². The molecule has 31 heavy (non-hydrogen) atoms. The van der Waals surface area contributed by atoms with Crippen LogP contribution >= 0.6 is 11.3 Å². The number of hydrogen-bond donors (Lipinski definition) is 1. The quantitative estimate of drug-likeness (QED) is 0.401. The number of methoxy groups -OCH3 is 1. The number of nitrogens with zero attached hydrogens (tertiary/aromatic N) is 1. The van der Waals surface area contributed by atoms with E-state index in [0.717, 1.165) is 22.8 Å². The second-order valence-electron chi connectivity index (χ2n) is 6.50. The Morgan fingerprint density at radius 1 is 0.839 bits per heavy atom. The van der Waals surface area contributed by atoms with Crippen molar-refractivity contribution in [1.82, 2.24) is 4.98 Å². The molecule has 1 N–H and O–H groups in total. The predicted molar refractivity (Wildman–Crippen MR) is 120 cm³/mol. The normalized spacial score (nSPS) is 10.4. The first-order chi connectivity index (χ1) is 15.1. The summed E-state index contributed by atoms with van der Waals surface area (Å²) in [6.07, 6.45) is 0. The molecular formula is C24H18N2O4S. The standard InChI is InChI=1S/C24H18N2O4S/c1-29-23(28)18-9-7-17(8-10-18)22(27)26-24-25-21(15-31-24)16-11-13-20(14-12-16)30-19-5-3-2-4-6-19/h2-15H,1H3,(H,25,26,27). The summed E-state index contributed by atoms with van der Waals surface area (Å²) in [5.41, 5.74) is 2.48. The molecule has 1 heterocycles. The van der Waals surface area contributed by atoms with Crippen LogP contribution in [0.1, 0.15) is 20.7 Å². The number of carbonyl (C=O) groups is 2. The maximum atomic E-state index is 12.5. The van der Waals surface area contributed by atoms with Crippen LogP contribution in [0.15, 0.2) is 84.2 Å². The molecule has 0 spiro atoms. The molecule has 4 rings (SSSR count). The second-order valence-corrected chi connectivity index (χ2v) is 7.36. The number of para-hydroxylation sites is 1. The van der Waals surface area contributed by atoms with E-state index < -0.39 is 5.97 Å². The van der Waals surface area contributed by atoms with Crippen LogP contribution in [0.3, 0.4) is 0 Å². The van der Waals surface area contributed by atoms with Gasteiger partial charge in [-0.05, 0) is 60.7 Å². The van der Waals surface area contributed by atoms with Crippen molar-refractivity contribution in [3.05, 3.63) is 95.4 Å². The fourth-order valence-electron chi connectivity index (χ4n) is 2.83. The van der Waals surface area contributed by atoms with E-state index in [2.05, 4.69) is 15.0 Å². The molecule has 1 aromatic heterocycles. The van der Waals surface area contributed by atoms with Crippen molar-refractivity contribution >= 4 is 28.3 Å². The summed E-state index contributed by atoms with van der Waals surface area (Å²) < 4.78 is 10.5. The van der Waals surface area contributed by atoms with Crippen molar-refractivity contribution in [2.24, 2.45) is 0 Å². The highest BCUT2D eigenvalue weighted by atomic mass is 32.1. The molecule has 0 aliphatic rings. The molecule has 154 valence electrons. The lowest BCUT2D eigenvalue weighted by Gasteiger charge is -2.06. The number of rotatable bonds is 6. The van der Waals surface area contributed by atoms with E-state index in [1.807, 2.05) is 60.0 Å². The molecule has 3 aromatic carbocycles. The number of amides is 1. The average molecular weight is 430 g/mol. The third-order valence-electron chi connectivity index (χ3n) is 4.42. The zero-order chi connectivity index (χ0) is 21.6. The van der Waals surface area contributed by atoms with E-state index in [1.54, 1.807) is 24.3 Å². The maximum Gasteiger partial charge on any atom is 0.337 e. The lowest BCUT2D eigenvalue weighted by Crippen LogP contribution is -2.12. The largest absolute Gasteiger partial charge is 0.465 e. The van der Waals surface area contributed by atoms with Crippen LogP contribution in [0, 0.1) is 0 Å². The SMILES string of the molecule is COC(=O)c1ccc(C(=O)Nc2nc(-c3ccc(Oc4ccccc4)cc3)cs2)cc1. The molecule has 0 saturated heterocycles. The number of thiazole rings is 1. The summed E-state index contributed by atoms with van der Waals surface area (Å²) in [6, 6.07) is 23.4. The van der Waals surface area contributed by atoms with E-state index in [1.165, 1.54) is 18.4 Å². The number of nitrogens with one attached hydrogen (secondary N) is 1. The van der Waals surface area contributed by atoms with Gasteiger partial charge in [0.1, 0.15) is 11.5 Å². The second kappa shape index (κ2) is 9.23. The minimum absolute atomic E-state index is 0.302. The van der Waals surface area contributed by atoms with Gasteiger partial charge in [-0.25, -0.2) is 9.78 Å². The average Bonchev–Trinajstić information content (AvgIpc) is 3.28. The van der Waals surface area contributed by atoms with Crippen molar-refractivity contribution < 1.29 is 19.1 Å². The Hall–Kier alpha value is -3.97. The summed E-state index contributed by atoms with van der Waals surface area (Å²) >= 11 is 1.34. The zero-order valence-corrected chi connectivity index (χ0v) is 17.4. The Kier molecular flexibility index (Phi) is 6.05. The number of ether oxygens (including phenoxy) is 2. The van der Waals surface area contributed by atoms with Gasteiger partial charge in [0.15, 0.2) is 5.13 Å². The Morgan fingerprint density at radius 2 is 1.48 bits per heavy atom. The molecule has 0 aliphatic carbocycles. The molecule has 0 fully saturated rings. The van der Waals surface area contributed by atoms with Gasteiger partial charge in [-0.2, -0.15) is 0 Å². The number of benzene rings is 3. The van der Waals surface area contributed by atoms with Gasteiger partial charge in [-0.3, -0.25) is 10.1 Å². The summed E-state index contributed by atoms with van der Waals surface area (Å²) in [4.78, 5) is 28.4. The first-order valence-electron chi connectivity index (χ1n) is 9.41. The van der Waals surface area contributed by atoms with Crippen LogP contribution in [-0.4, -0.2) is 24.0 Å². The third-order valence-corrected chi connectivity index (χ3v) is 5.18. The Bertz CT molecular complexity index is 1190. The molecule has 7 heteroatoms. The Morgan fingerprint density at radius 3 is 2.16 bits per heavy atom. The van der Waals surface area contributed by atoms with Crippen LogP contribution in [0.4, 0.5) is 5.13 Å². The summed E-state index contributed by atoms with van der Waals surface area (Å²) in [7, 11) is 1.31. The van der Waals surface area contributed by atoms with Crippen molar-refractivity contribution in [3.63, 3.8) is 0 Å². The van der Waals surface area contributed by atoms with Gasteiger partial charge < -0.3 is 9.47 Å². The maximum absolute atomic E-state index is 12.5. The predicted octanol–water partition coefficient (Wildman–Crippen LogP) is 5.64. The van der Waals surface area contributed by atoms with E-state index in [0.29, 0.717) is 16.3 Å². The van der Waals surface area contributed by atoms with Crippen LogP contribution in [-0.2, 0) is 4.74 Å². The van der Waals surface area contributed by atoms with E-state index in [9.17, 15) is 9.59 Å². The molecule has 1 amide bonds. The smallest absolute Gasteiger partial charge is 0.337 e. The molecule has 4 aromatic rings. The third kappa shape index (κ3) is 4.96. The van der Waals surface area contributed by atoms with Crippen molar-refractivity contribution in [1.29, 1.82) is 0 Å². The number of anilines is 1. The van der Waals surface area contributed by atoms with E-state index in [4.69, 9.17) is 4.74 Å². The molecular weight excluding hydrogens is 412 g/mol. The first-order valence-corrected chi connectivity index (χ1v) is 10.3. The van der Waals surface area contributed by atoms with Crippen molar-refractivity contribution in [2.75, 3.05) is 12.4 Å². The molecule has 0 bridgehead atoms. The van der Waals surface area contributed by atoms with Crippen molar-refractivity contribution in [2.45, 2.75) is 0 Å². The molecule has 0 saturated carbocycles. The van der Waals surface area contributed by atoms with Gasteiger partial charge in [0.05, 0.1) is 18.4 Å². The van der Waals surface area contributed by atoms with E-state index in [-0.39, 0.29) is 5.91 Å². The minimum atomic E-state index is -0.447. The minimum Gasteiger partial charge on any atom is -0.465 e. The molecule has 0 aliphatic heterocycles. The highest BCUT2D eigenvalue weighted by Gasteiger charge is 2.12. The van der Waals surface area contributed by atoms with Crippen LogP contribution in [0.2, 0.25) is 0 Å². The number of hydrogen-bond acceptors (Lipinski definition) is 6. The highest BCUT2D eigenvalue weighted by molar-refractivity contribution is 7.14. The van der Waals surface area contributed by atoms with Crippen LogP contribution in [0.5, 0.6) is 11.5 Å². The number of aromatic nitrogens is 1. The number of carbonyl (C=O) groups excluding carboxylic acids is 2. The molecule has 0 atom stereocenters. The highest BCUT2D eigenvalue weighted by Crippen LogP contribution is 2.28. The fraction of sp³-hybridized carbons (Fsp3) is 0.0417. The monoisotopic (exact) mass is 430 g/mol. The molecule has 0 unspecified atom stereocenters. The van der Waals surface area contributed by atoms with Gasteiger partial charge in [-0.1, -0.05) is 18.2 Å². The Balaban J connectivity index is 1.41. The lowest BCUT2D eigenvalue weighted by molar-refractivity contribution is 0.0600. The topological polar surface area (TPSA) is 77.5 Å². The van der Waals surface area contributed by atoms with Gasteiger partial charge in [0, 0.05) is 16.5 Å².